The molecular weight excluding hydrogens is 364 g/mol. The number of amides is 1. The van der Waals surface area contributed by atoms with Crippen molar-refractivity contribution in [1.82, 2.24) is 15.6 Å². The molecule has 9 heteroatoms. The lowest BCUT2D eigenvalue weighted by atomic mass is 9.95. The van der Waals surface area contributed by atoms with Crippen molar-refractivity contribution in [2.75, 3.05) is 6.54 Å². The van der Waals surface area contributed by atoms with Gasteiger partial charge in [0.2, 0.25) is 0 Å². The Morgan fingerprint density at radius 3 is 2.57 bits per heavy atom. The Labute approximate surface area is 160 Å². The second-order valence-electron chi connectivity index (χ2n) is 6.37. The van der Waals surface area contributed by atoms with Crippen molar-refractivity contribution in [2.45, 2.75) is 26.7 Å². The van der Waals surface area contributed by atoms with Gasteiger partial charge in [-0.3, -0.25) is 4.79 Å². The van der Waals surface area contributed by atoms with E-state index in [-0.39, 0.29) is 51.5 Å². The molecule has 0 fully saturated rings. The number of phenolic OH excluding ortho intramolecular Hbond substituents is 2. The Kier molecular flexibility index (Phi) is 5.04. The minimum atomic E-state index is -0.509. The number of hydrogen-bond donors (Lipinski definition) is 3. The van der Waals surface area contributed by atoms with E-state index in [1.54, 1.807) is 13.0 Å². The van der Waals surface area contributed by atoms with Crippen LogP contribution < -0.4 is 5.32 Å². The molecule has 3 N–H and O–H groups in total. The third-order valence-corrected chi connectivity index (χ3v) is 4.13. The van der Waals surface area contributed by atoms with E-state index in [1.165, 1.54) is 12.1 Å². The number of carbonyl (C=O) groups excluding carboxylic acids is 1. The lowest BCUT2D eigenvalue weighted by molar-refractivity contribution is 0.0947. The zero-order chi connectivity index (χ0) is 20.4. The summed E-state index contributed by atoms with van der Waals surface area (Å²) in [5, 5.41) is 39.5. The van der Waals surface area contributed by atoms with Gasteiger partial charge >= 0.3 is 0 Å². The van der Waals surface area contributed by atoms with Crippen LogP contribution in [0.2, 0.25) is 0 Å². The van der Waals surface area contributed by atoms with Crippen molar-refractivity contribution in [1.29, 1.82) is 5.26 Å². The lowest BCUT2D eigenvalue weighted by Gasteiger charge is -2.11. The first-order chi connectivity index (χ1) is 13.4. The molecule has 1 amide bonds. The highest BCUT2D eigenvalue weighted by Crippen LogP contribution is 2.43. The van der Waals surface area contributed by atoms with Crippen molar-refractivity contribution >= 4 is 5.91 Å². The molecule has 2 heterocycles. The maximum absolute atomic E-state index is 12.4. The Morgan fingerprint density at radius 2 is 1.96 bits per heavy atom. The van der Waals surface area contributed by atoms with Gasteiger partial charge in [0.05, 0.1) is 5.56 Å². The molecule has 0 aliphatic carbocycles. The first-order valence-corrected chi connectivity index (χ1v) is 8.58. The Bertz CT molecular complexity index is 1070. The normalized spacial score (nSPS) is 10.8. The number of benzene rings is 1. The van der Waals surface area contributed by atoms with Gasteiger partial charge in [-0.15, -0.1) is 0 Å². The Morgan fingerprint density at radius 1 is 1.21 bits per heavy atom. The number of phenols is 2. The molecule has 0 spiro atoms. The van der Waals surface area contributed by atoms with Crippen molar-refractivity contribution < 1.29 is 24.1 Å². The minimum absolute atomic E-state index is 0.0156. The average Bonchev–Trinajstić information content (AvgIpc) is 3.28. The number of nitrogens with one attached hydrogen (secondary N) is 1. The highest BCUT2D eigenvalue weighted by atomic mass is 16.5. The molecule has 0 aliphatic heterocycles. The van der Waals surface area contributed by atoms with Crippen LogP contribution in [0.3, 0.4) is 0 Å². The van der Waals surface area contributed by atoms with E-state index in [0.717, 1.165) is 0 Å². The predicted molar refractivity (Wildman–Crippen MR) is 97.6 cm³/mol. The first kappa shape index (κ1) is 19.0. The summed E-state index contributed by atoms with van der Waals surface area (Å²) in [4.78, 5) is 12.4. The fourth-order valence-electron chi connectivity index (χ4n) is 2.79. The molecule has 144 valence electrons. The van der Waals surface area contributed by atoms with Crippen LogP contribution in [0.25, 0.3) is 22.6 Å². The van der Waals surface area contributed by atoms with Crippen LogP contribution in [0.1, 0.15) is 48.4 Å². The molecule has 0 atom stereocenters. The standard InChI is InChI=1S/C19H18N4O5/c1-4-21-19(26)17-16(15-5-10(8-20)22-27-15)18(28-23-17)12-6-11(9(2)3)13(24)7-14(12)25/h5-7,9,24-25H,4H2,1-3H3,(H,21,26). The van der Waals surface area contributed by atoms with Crippen LogP contribution in [0.4, 0.5) is 0 Å². The number of carbonyl (C=O) groups is 1. The van der Waals surface area contributed by atoms with E-state index in [0.29, 0.717) is 12.1 Å². The van der Waals surface area contributed by atoms with E-state index in [1.807, 2.05) is 19.9 Å². The molecule has 2 aromatic heterocycles. The zero-order valence-corrected chi connectivity index (χ0v) is 15.5. The molecule has 0 unspecified atom stereocenters. The molecule has 3 aromatic rings. The monoisotopic (exact) mass is 382 g/mol. The second kappa shape index (κ2) is 7.44. The fraction of sp³-hybridized carbons (Fsp3) is 0.263. The summed E-state index contributed by atoms with van der Waals surface area (Å²) in [5.74, 6) is -0.725. The van der Waals surface area contributed by atoms with E-state index in [4.69, 9.17) is 14.3 Å². The van der Waals surface area contributed by atoms with Crippen molar-refractivity contribution in [3.8, 4) is 40.2 Å². The van der Waals surface area contributed by atoms with Gasteiger partial charge in [0.1, 0.15) is 23.1 Å². The number of hydrogen-bond acceptors (Lipinski definition) is 8. The fourth-order valence-corrected chi connectivity index (χ4v) is 2.79. The van der Waals surface area contributed by atoms with Gasteiger partial charge in [-0.05, 0) is 24.5 Å². The number of nitrogens with zero attached hydrogens (tertiary/aromatic N) is 3. The van der Waals surface area contributed by atoms with Crippen molar-refractivity contribution in [2.24, 2.45) is 0 Å². The molecule has 3 rings (SSSR count). The molecule has 0 bridgehead atoms. The predicted octanol–water partition coefficient (Wildman–Crippen LogP) is 3.15. The molecule has 1 aromatic carbocycles. The third-order valence-electron chi connectivity index (χ3n) is 4.13. The maximum Gasteiger partial charge on any atom is 0.274 e. The summed E-state index contributed by atoms with van der Waals surface area (Å²) >= 11 is 0. The van der Waals surface area contributed by atoms with Gasteiger partial charge in [-0.1, -0.05) is 24.2 Å². The molecule has 0 saturated carbocycles. The van der Waals surface area contributed by atoms with Crippen molar-refractivity contribution in [3.05, 3.63) is 35.2 Å². The number of aromatic hydroxyl groups is 2. The summed E-state index contributed by atoms with van der Waals surface area (Å²) in [7, 11) is 0. The number of aromatic nitrogens is 2. The van der Waals surface area contributed by atoms with Crippen molar-refractivity contribution in [3.63, 3.8) is 0 Å². The van der Waals surface area contributed by atoms with Gasteiger partial charge in [-0.2, -0.15) is 5.26 Å². The van der Waals surface area contributed by atoms with Crippen LogP contribution >= 0.6 is 0 Å². The Hall–Kier alpha value is -3.80. The number of nitriles is 1. The molecule has 0 aliphatic rings. The van der Waals surface area contributed by atoms with Crippen LogP contribution in [-0.4, -0.2) is 33.0 Å². The van der Waals surface area contributed by atoms with E-state index >= 15 is 0 Å². The third kappa shape index (κ3) is 3.27. The number of rotatable bonds is 5. The molecule has 9 nitrogen and oxygen atoms in total. The smallest absolute Gasteiger partial charge is 0.274 e. The van der Waals surface area contributed by atoms with Crippen LogP contribution in [0.5, 0.6) is 11.5 Å². The quantitative estimate of drug-likeness (QED) is 0.610. The van der Waals surface area contributed by atoms with Gasteiger partial charge < -0.3 is 24.6 Å². The minimum Gasteiger partial charge on any atom is -0.508 e. The summed E-state index contributed by atoms with van der Waals surface area (Å²) < 4.78 is 10.6. The summed E-state index contributed by atoms with van der Waals surface area (Å²) in [6.45, 7) is 5.88. The zero-order valence-electron chi connectivity index (χ0n) is 15.5. The SMILES string of the molecule is CCNC(=O)c1noc(-c2cc(C(C)C)c(O)cc2O)c1-c1cc(C#N)no1. The second-order valence-corrected chi connectivity index (χ2v) is 6.37. The van der Waals surface area contributed by atoms with E-state index < -0.39 is 5.91 Å². The summed E-state index contributed by atoms with van der Waals surface area (Å²) in [6, 6.07) is 5.95. The van der Waals surface area contributed by atoms with Gasteiger partial charge in [-0.25, -0.2) is 0 Å². The highest BCUT2D eigenvalue weighted by Gasteiger charge is 2.29. The molecule has 28 heavy (non-hydrogen) atoms. The van der Waals surface area contributed by atoms with Gasteiger partial charge in [0, 0.05) is 18.7 Å². The lowest BCUT2D eigenvalue weighted by Crippen LogP contribution is -2.23. The maximum atomic E-state index is 12.4. The molecular formula is C19H18N4O5. The van der Waals surface area contributed by atoms with E-state index in [2.05, 4.69) is 15.6 Å². The highest BCUT2D eigenvalue weighted by molar-refractivity contribution is 6.01. The van der Waals surface area contributed by atoms with Gasteiger partial charge in [0.15, 0.2) is 22.9 Å². The largest absolute Gasteiger partial charge is 0.508 e. The van der Waals surface area contributed by atoms with Crippen LogP contribution in [0.15, 0.2) is 27.2 Å². The Balaban J connectivity index is 2.26. The average molecular weight is 382 g/mol. The summed E-state index contributed by atoms with van der Waals surface area (Å²) in [6.07, 6.45) is 0. The van der Waals surface area contributed by atoms with E-state index in [9.17, 15) is 15.0 Å². The summed E-state index contributed by atoms with van der Waals surface area (Å²) in [5.41, 5.74) is 0.882. The first-order valence-electron chi connectivity index (χ1n) is 8.58. The van der Waals surface area contributed by atoms with Crippen LogP contribution in [-0.2, 0) is 0 Å². The van der Waals surface area contributed by atoms with Gasteiger partial charge in [0.25, 0.3) is 5.91 Å². The molecule has 0 saturated heterocycles. The van der Waals surface area contributed by atoms with Crippen LogP contribution in [0, 0.1) is 11.3 Å². The molecule has 0 radical (unpaired) electrons. The topological polar surface area (TPSA) is 145 Å².